The molecule has 3 atom stereocenters. The van der Waals surface area contributed by atoms with Crippen molar-refractivity contribution in [2.45, 2.75) is 59.7 Å². The monoisotopic (exact) mass is 633 g/mol. The molecule has 3 aromatic heterocycles. The van der Waals surface area contributed by atoms with Crippen LogP contribution in [0, 0.1) is 19.3 Å². The van der Waals surface area contributed by atoms with Gasteiger partial charge in [0.1, 0.15) is 34.5 Å². The van der Waals surface area contributed by atoms with Crippen LogP contribution in [0.3, 0.4) is 0 Å². The van der Waals surface area contributed by atoms with Gasteiger partial charge in [-0.1, -0.05) is 19.1 Å². The Morgan fingerprint density at radius 1 is 1.12 bits per heavy atom. The summed E-state index contributed by atoms with van der Waals surface area (Å²) in [7, 11) is 0. The number of carbonyl (C=O) groups excluding carboxylic acids is 3. The zero-order chi connectivity index (χ0) is 30.3. The Labute approximate surface area is 251 Å². The molecule has 0 spiro atoms. The molecule has 0 unspecified atom stereocenters. The second-order valence-corrected chi connectivity index (χ2v) is 11.9. The van der Waals surface area contributed by atoms with E-state index in [9.17, 15) is 19.5 Å². The summed E-state index contributed by atoms with van der Waals surface area (Å²) in [5.41, 5.74) is 2.54. The minimum atomic E-state index is -0.841. The third-order valence-corrected chi connectivity index (χ3v) is 8.60. The Kier molecular flexibility index (Phi) is 7.95. The number of rotatable bonds is 7. The van der Waals surface area contributed by atoms with Crippen molar-refractivity contribution in [3.05, 3.63) is 64.4 Å². The average molecular weight is 635 g/mol. The Morgan fingerprint density at radius 2 is 1.83 bits per heavy atom. The van der Waals surface area contributed by atoms with Crippen molar-refractivity contribution in [3.63, 3.8) is 0 Å². The van der Waals surface area contributed by atoms with Crippen LogP contribution in [-0.2, 0) is 16.1 Å². The summed E-state index contributed by atoms with van der Waals surface area (Å²) in [6.45, 7) is 8.38. The summed E-state index contributed by atoms with van der Waals surface area (Å²) in [4.78, 5) is 54.5. The SMILES string of the molecule is CC(=O)c1nn(CC(=O)N2[C@H](C(=O)Nc3nc(Br)ccc3C)C[C@@](C)(CO)[C@H]2C)c2ccc(-c3cnc(C)nc3)cc12. The summed E-state index contributed by atoms with van der Waals surface area (Å²) < 4.78 is 2.07. The third kappa shape index (κ3) is 5.43. The number of fused-ring (bicyclic) bond motifs is 1. The van der Waals surface area contributed by atoms with E-state index in [0.717, 1.165) is 16.7 Å². The van der Waals surface area contributed by atoms with Crippen LogP contribution in [0.4, 0.5) is 5.82 Å². The van der Waals surface area contributed by atoms with E-state index < -0.39 is 17.5 Å². The number of Topliss-reactive ketones (excluding diaryl/α,β-unsaturated/α-hetero) is 1. The molecule has 42 heavy (non-hydrogen) atoms. The van der Waals surface area contributed by atoms with E-state index in [1.807, 2.05) is 45.0 Å². The van der Waals surface area contributed by atoms with Crippen LogP contribution in [0.1, 0.15) is 49.1 Å². The number of anilines is 1. The third-order valence-electron chi connectivity index (χ3n) is 8.16. The number of aliphatic hydroxyl groups is 1. The first-order valence-corrected chi connectivity index (χ1v) is 14.4. The average Bonchev–Trinajstić information content (AvgIpc) is 3.45. The highest BCUT2D eigenvalue weighted by Crippen LogP contribution is 2.41. The molecule has 1 fully saturated rings. The first-order valence-electron chi connectivity index (χ1n) is 13.6. The minimum Gasteiger partial charge on any atom is -0.396 e. The molecule has 12 heteroatoms. The molecule has 4 heterocycles. The van der Waals surface area contributed by atoms with E-state index in [0.29, 0.717) is 27.1 Å². The largest absolute Gasteiger partial charge is 0.396 e. The van der Waals surface area contributed by atoms with E-state index in [4.69, 9.17) is 0 Å². The fourth-order valence-corrected chi connectivity index (χ4v) is 5.75. The Balaban J connectivity index is 1.47. The van der Waals surface area contributed by atoms with E-state index in [1.165, 1.54) is 16.5 Å². The van der Waals surface area contributed by atoms with Gasteiger partial charge in [0.15, 0.2) is 5.78 Å². The van der Waals surface area contributed by atoms with Crippen LogP contribution in [-0.4, -0.2) is 71.0 Å². The lowest BCUT2D eigenvalue weighted by atomic mass is 9.83. The predicted molar refractivity (Wildman–Crippen MR) is 161 cm³/mol. The van der Waals surface area contributed by atoms with Gasteiger partial charge in [0.2, 0.25) is 11.8 Å². The number of aromatic nitrogens is 5. The second kappa shape index (κ2) is 11.3. The highest BCUT2D eigenvalue weighted by molar-refractivity contribution is 9.10. The summed E-state index contributed by atoms with van der Waals surface area (Å²) in [6, 6.07) is 7.86. The molecular weight excluding hydrogens is 602 g/mol. The number of carbonyl (C=O) groups is 3. The van der Waals surface area contributed by atoms with Crippen molar-refractivity contribution in [2.24, 2.45) is 5.41 Å². The normalized spacial score (nSPS) is 20.2. The maximum atomic E-state index is 13.9. The van der Waals surface area contributed by atoms with Crippen molar-refractivity contribution < 1.29 is 19.5 Å². The topological polar surface area (TPSA) is 143 Å². The molecule has 5 rings (SSSR count). The molecule has 1 aliphatic heterocycles. The highest BCUT2D eigenvalue weighted by atomic mass is 79.9. The molecule has 0 saturated carbocycles. The van der Waals surface area contributed by atoms with Gasteiger partial charge in [0, 0.05) is 41.7 Å². The van der Waals surface area contributed by atoms with Crippen LogP contribution >= 0.6 is 15.9 Å². The Morgan fingerprint density at radius 3 is 2.50 bits per heavy atom. The first-order chi connectivity index (χ1) is 19.9. The van der Waals surface area contributed by atoms with Gasteiger partial charge in [-0.3, -0.25) is 19.1 Å². The van der Waals surface area contributed by atoms with Gasteiger partial charge in [-0.2, -0.15) is 5.10 Å². The van der Waals surface area contributed by atoms with E-state index >= 15 is 0 Å². The molecule has 0 bridgehead atoms. The van der Waals surface area contributed by atoms with Crippen molar-refractivity contribution in [3.8, 4) is 11.1 Å². The fraction of sp³-hybridized carbons (Fsp3) is 0.367. The number of ketones is 1. The van der Waals surface area contributed by atoms with Gasteiger partial charge >= 0.3 is 0 Å². The second-order valence-electron chi connectivity index (χ2n) is 11.1. The van der Waals surface area contributed by atoms with Gasteiger partial charge < -0.3 is 15.3 Å². The zero-order valence-corrected chi connectivity index (χ0v) is 25.6. The lowest BCUT2D eigenvalue weighted by Gasteiger charge is -2.32. The lowest BCUT2D eigenvalue weighted by Crippen LogP contribution is -2.48. The van der Waals surface area contributed by atoms with Crippen LogP contribution in [0.25, 0.3) is 22.0 Å². The number of likely N-dealkylation sites (tertiary alicyclic amines) is 1. The van der Waals surface area contributed by atoms with Gasteiger partial charge in [-0.25, -0.2) is 15.0 Å². The number of amides is 2. The van der Waals surface area contributed by atoms with Gasteiger partial charge in [0.05, 0.1) is 12.1 Å². The lowest BCUT2D eigenvalue weighted by molar-refractivity contribution is -0.139. The number of aryl methyl sites for hydroxylation is 2. The van der Waals surface area contributed by atoms with Crippen LogP contribution in [0.15, 0.2) is 47.3 Å². The molecule has 1 aliphatic rings. The molecule has 2 amide bonds. The zero-order valence-electron chi connectivity index (χ0n) is 24.1. The van der Waals surface area contributed by atoms with Crippen LogP contribution < -0.4 is 5.32 Å². The van der Waals surface area contributed by atoms with Gasteiger partial charge in [-0.05, 0) is 72.4 Å². The van der Waals surface area contributed by atoms with Crippen LogP contribution in [0.5, 0.6) is 0 Å². The highest BCUT2D eigenvalue weighted by Gasteiger charge is 2.51. The molecule has 0 radical (unpaired) electrons. The smallest absolute Gasteiger partial charge is 0.248 e. The van der Waals surface area contributed by atoms with Crippen molar-refractivity contribution in [1.82, 2.24) is 29.6 Å². The van der Waals surface area contributed by atoms with Crippen LogP contribution in [0.2, 0.25) is 0 Å². The van der Waals surface area contributed by atoms with E-state index in [2.05, 4.69) is 41.3 Å². The first kappa shape index (κ1) is 29.5. The standard InChI is InChI=1S/C30H32BrN7O4/c1-16-6-9-25(31)34-28(16)35-29(42)24-11-30(5,15-39)18(3)38(24)26(41)14-37-23-8-7-20(21-12-32-19(4)33-13-21)10-22(23)27(36-37)17(2)40/h6-10,12-13,18,24,39H,11,14-15H2,1-5H3,(H,34,35,42)/t18-,24+,30+/m1/s1. The number of hydrogen-bond donors (Lipinski definition) is 2. The van der Waals surface area contributed by atoms with E-state index in [1.54, 1.807) is 25.4 Å². The number of aliphatic hydroxyl groups excluding tert-OH is 1. The van der Waals surface area contributed by atoms with Crippen molar-refractivity contribution in [1.29, 1.82) is 0 Å². The molecule has 11 nitrogen and oxygen atoms in total. The predicted octanol–water partition coefficient (Wildman–Crippen LogP) is 4.10. The number of benzene rings is 1. The molecule has 0 aliphatic carbocycles. The summed E-state index contributed by atoms with van der Waals surface area (Å²) in [5.74, 6) is 0.0696. The van der Waals surface area contributed by atoms with Crippen molar-refractivity contribution >= 4 is 50.2 Å². The maximum Gasteiger partial charge on any atom is 0.248 e. The van der Waals surface area contributed by atoms with Gasteiger partial charge in [-0.15, -0.1) is 0 Å². The molecule has 1 aromatic carbocycles. The van der Waals surface area contributed by atoms with Gasteiger partial charge in [0.25, 0.3) is 0 Å². The fourth-order valence-electron chi connectivity index (χ4n) is 5.44. The quantitative estimate of drug-likeness (QED) is 0.229. The summed E-state index contributed by atoms with van der Waals surface area (Å²) in [6.07, 6.45) is 3.71. The summed E-state index contributed by atoms with van der Waals surface area (Å²) >= 11 is 3.33. The van der Waals surface area contributed by atoms with E-state index in [-0.39, 0.29) is 42.9 Å². The maximum absolute atomic E-state index is 13.9. The Hall–Kier alpha value is -4.03. The van der Waals surface area contributed by atoms with Crippen molar-refractivity contribution in [2.75, 3.05) is 11.9 Å². The minimum absolute atomic E-state index is 0.194. The molecular formula is C30H32BrN7O4. The molecule has 2 N–H and O–H groups in total. The number of hydrogen-bond acceptors (Lipinski definition) is 8. The Bertz CT molecular complexity index is 1700. The number of halogens is 1. The number of nitrogens with zero attached hydrogens (tertiary/aromatic N) is 6. The number of nitrogens with one attached hydrogen (secondary N) is 1. The molecule has 1 saturated heterocycles. The number of pyridine rings is 1. The summed E-state index contributed by atoms with van der Waals surface area (Å²) in [5, 5.41) is 18.2. The molecule has 218 valence electrons. The molecule has 4 aromatic rings.